The number of aromatic nitrogens is 2. The molecule has 4 aromatic rings. The highest BCUT2D eigenvalue weighted by Crippen LogP contribution is 2.32. The van der Waals surface area contributed by atoms with Crippen LogP contribution in [0.1, 0.15) is 10.4 Å². The molecule has 0 aliphatic carbocycles. The van der Waals surface area contributed by atoms with Crippen LogP contribution in [0, 0.1) is 0 Å². The van der Waals surface area contributed by atoms with E-state index < -0.39 is 18.5 Å². The molecule has 9 heteroatoms. The fraction of sp³-hybridized carbons (Fsp3) is 0.0769. The highest BCUT2D eigenvalue weighted by atomic mass is 32.2. The highest BCUT2D eigenvalue weighted by molar-refractivity contribution is 8.00. The number of carbonyl (C=O) groups is 3. The molecule has 8 nitrogen and oxygen atoms in total. The van der Waals surface area contributed by atoms with Crippen LogP contribution in [0.2, 0.25) is 0 Å². The fourth-order valence-corrected chi connectivity index (χ4v) is 4.38. The van der Waals surface area contributed by atoms with Crippen molar-refractivity contribution in [1.82, 2.24) is 9.78 Å². The van der Waals surface area contributed by atoms with Gasteiger partial charge in [-0.1, -0.05) is 48.5 Å². The predicted molar refractivity (Wildman–Crippen MR) is 134 cm³/mol. The van der Waals surface area contributed by atoms with E-state index in [0.29, 0.717) is 23.0 Å². The molecule has 2 N–H and O–H groups in total. The average molecular weight is 485 g/mol. The molecule has 0 saturated heterocycles. The van der Waals surface area contributed by atoms with Crippen molar-refractivity contribution in [2.24, 2.45) is 0 Å². The van der Waals surface area contributed by atoms with Gasteiger partial charge in [-0.2, -0.15) is 5.10 Å². The molecule has 0 saturated carbocycles. The third-order valence-corrected chi connectivity index (χ3v) is 6.30. The first-order valence-electron chi connectivity index (χ1n) is 10.8. The Morgan fingerprint density at radius 1 is 1.00 bits per heavy atom. The molecule has 0 radical (unpaired) electrons. The number of carbonyl (C=O) groups excluding carboxylic acids is 3. The van der Waals surface area contributed by atoms with Gasteiger partial charge in [0.05, 0.1) is 28.4 Å². The van der Waals surface area contributed by atoms with Crippen LogP contribution >= 0.6 is 11.8 Å². The second kappa shape index (κ2) is 9.86. The van der Waals surface area contributed by atoms with Gasteiger partial charge in [0, 0.05) is 16.5 Å². The van der Waals surface area contributed by atoms with E-state index in [1.165, 1.54) is 11.8 Å². The number of para-hydroxylation sites is 1. The van der Waals surface area contributed by atoms with Gasteiger partial charge >= 0.3 is 5.97 Å². The van der Waals surface area contributed by atoms with Gasteiger partial charge in [-0.15, -0.1) is 11.8 Å². The van der Waals surface area contributed by atoms with Crippen LogP contribution in [0.25, 0.3) is 16.9 Å². The minimum atomic E-state index is -0.658. The number of thioether (sulfide) groups is 1. The number of benzene rings is 3. The topological polar surface area (TPSA) is 102 Å². The Bertz CT molecular complexity index is 1400. The summed E-state index contributed by atoms with van der Waals surface area (Å²) in [6, 6.07) is 25.7. The zero-order valence-electron chi connectivity index (χ0n) is 18.4. The smallest absolute Gasteiger partial charge is 0.338 e. The van der Waals surface area contributed by atoms with Crippen molar-refractivity contribution >= 4 is 41.1 Å². The summed E-state index contributed by atoms with van der Waals surface area (Å²) in [5.74, 6) is -0.504. The van der Waals surface area contributed by atoms with Gasteiger partial charge in [-0.05, 0) is 30.3 Å². The number of ether oxygens (including phenoxy) is 1. The molecule has 1 aromatic heterocycles. The molecular formula is C26H20N4O4S. The van der Waals surface area contributed by atoms with Gasteiger partial charge in [0.15, 0.2) is 6.61 Å². The second-order valence-corrected chi connectivity index (χ2v) is 8.72. The van der Waals surface area contributed by atoms with Crippen LogP contribution in [0.15, 0.2) is 89.8 Å². The molecule has 174 valence electrons. The minimum absolute atomic E-state index is 0.128. The fourth-order valence-electron chi connectivity index (χ4n) is 3.59. The summed E-state index contributed by atoms with van der Waals surface area (Å²) < 4.78 is 6.85. The highest BCUT2D eigenvalue weighted by Gasteiger charge is 2.19. The zero-order valence-corrected chi connectivity index (χ0v) is 19.2. The molecule has 0 atom stereocenters. The largest absolute Gasteiger partial charge is 0.452 e. The average Bonchev–Trinajstić information content (AvgIpc) is 3.31. The number of hydrogen-bond acceptors (Lipinski definition) is 6. The Labute approximate surface area is 205 Å². The van der Waals surface area contributed by atoms with Crippen LogP contribution in [0.5, 0.6) is 0 Å². The van der Waals surface area contributed by atoms with E-state index in [2.05, 4.69) is 15.7 Å². The third-order valence-electron chi connectivity index (χ3n) is 5.23. The van der Waals surface area contributed by atoms with Crippen LogP contribution in [0.4, 0.5) is 11.5 Å². The predicted octanol–water partition coefficient (Wildman–Crippen LogP) is 4.38. The molecule has 0 bridgehead atoms. The molecule has 5 rings (SSSR count). The second-order valence-electron chi connectivity index (χ2n) is 7.70. The molecule has 0 fully saturated rings. The summed E-state index contributed by atoms with van der Waals surface area (Å²) in [5.41, 5.74) is 3.18. The summed E-state index contributed by atoms with van der Waals surface area (Å²) in [4.78, 5) is 37.7. The van der Waals surface area contributed by atoms with E-state index in [0.717, 1.165) is 16.1 Å². The molecule has 35 heavy (non-hydrogen) atoms. The Morgan fingerprint density at radius 3 is 2.51 bits per heavy atom. The standard InChI is InChI=1S/C26H20N4O4S/c31-24(15-34-26(33)18-11-12-22-21(13-18)27-25(32)16-35-22)28-23-14-20(17-7-3-1-4-8-17)29-30(23)19-9-5-2-6-10-19/h1-14H,15-16H2,(H,27,32)(H,28,31). The number of nitrogens with zero attached hydrogens (tertiary/aromatic N) is 2. The summed E-state index contributed by atoms with van der Waals surface area (Å²) in [7, 11) is 0. The summed E-state index contributed by atoms with van der Waals surface area (Å²) in [5, 5.41) is 10.2. The number of nitrogens with one attached hydrogen (secondary N) is 2. The van der Waals surface area contributed by atoms with Crippen molar-refractivity contribution < 1.29 is 19.1 Å². The van der Waals surface area contributed by atoms with Crippen molar-refractivity contribution in [3.8, 4) is 16.9 Å². The number of rotatable bonds is 6. The lowest BCUT2D eigenvalue weighted by atomic mass is 10.2. The first-order chi connectivity index (χ1) is 17.1. The van der Waals surface area contributed by atoms with Gasteiger partial charge in [0.1, 0.15) is 5.82 Å². The summed E-state index contributed by atoms with van der Waals surface area (Å²) >= 11 is 1.40. The maximum absolute atomic E-state index is 12.7. The Morgan fingerprint density at radius 2 is 1.74 bits per heavy atom. The quantitative estimate of drug-likeness (QED) is 0.394. The monoisotopic (exact) mass is 484 g/mol. The van der Waals surface area contributed by atoms with Crippen molar-refractivity contribution in [3.63, 3.8) is 0 Å². The lowest BCUT2D eigenvalue weighted by molar-refractivity contribution is -0.119. The minimum Gasteiger partial charge on any atom is -0.452 e. The Kier molecular flexibility index (Phi) is 6.32. The van der Waals surface area contributed by atoms with Crippen molar-refractivity contribution in [3.05, 3.63) is 90.5 Å². The van der Waals surface area contributed by atoms with Gasteiger partial charge in [0.2, 0.25) is 5.91 Å². The van der Waals surface area contributed by atoms with E-state index in [1.54, 1.807) is 28.9 Å². The molecule has 0 unspecified atom stereocenters. The van der Waals surface area contributed by atoms with Gasteiger partial charge < -0.3 is 15.4 Å². The zero-order chi connectivity index (χ0) is 24.2. The van der Waals surface area contributed by atoms with E-state index in [-0.39, 0.29) is 11.5 Å². The normalized spacial score (nSPS) is 12.4. The summed E-state index contributed by atoms with van der Waals surface area (Å²) in [6.07, 6.45) is 0. The van der Waals surface area contributed by atoms with Gasteiger partial charge in [0.25, 0.3) is 5.91 Å². The molecule has 0 spiro atoms. The number of fused-ring (bicyclic) bond motifs is 1. The van der Waals surface area contributed by atoms with Gasteiger partial charge in [-0.3, -0.25) is 9.59 Å². The van der Waals surface area contributed by atoms with Crippen LogP contribution in [0.3, 0.4) is 0 Å². The van der Waals surface area contributed by atoms with Crippen molar-refractivity contribution in [2.45, 2.75) is 4.90 Å². The molecule has 1 aliphatic rings. The first-order valence-corrected chi connectivity index (χ1v) is 11.8. The van der Waals surface area contributed by atoms with Crippen LogP contribution < -0.4 is 10.6 Å². The molecule has 1 aliphatic heterocycles. The number of anilines is 2. The molecule has 3 aromatic carbocycles. The van der Waals surface area contributed by atoms with Crippen LogP contribution in [-0.2, 0) is 14.3 Å². The van der Waals surface area contributed by atoms with E-state index in [9.17, 15) is 14.4 Å². The molecule has 2 amide bonds. The Hall–Kier alpha value is -4.37. The van der Waals surface area contributed by atoms with Crippen molar-refractivity contribution in [1.29, 1.82) is 0 Å². The van der Waals surface area contributed by atoms with Crippen molar-refractivity contribution in [2.75, 3.05) is 23.0 Å². The maximum atomic E-state index is 12.7. The van der Waals surface area contributed by atoms with Crippen LogP contribution in [-0.4, -0.2) is 39.9 Å². The SMILES string of the molecule is O=C1CSc2ccc(C(=O)OCC(=O)Nc3cc(-c4ccccc4)nn3-c3ccccc3)cc2N1. The molecule has 2 heterocycles. The van der Waals surface area contributed by atoms with E-state index in [4.69, 9.17) is 4.74 Å². The molecular weight excluding hydrogens is 464 g/mol. The number of amides is 2. The lowest BCUT2D eigenvalue weighted by Crippen LogP contribution is -2.23. The number of hydrogen-bond donors (Lipinski definition) is 2. The lowest BCUT2D eigenvalue weighted by Gasteiger charge is -2.16. The number of esters is 1. The first kappa shape index (κ1) is 22.4. The van der Waals surface area contributed by atoms with E-state index in [1.807, 2.05) is 60.7 Å². The summed E-state index contributed by atoms with van der Waals surface area (Å²) in [6.45, 7) is -0.475. The Balaban J connectivity index is 1.30. The van der Waals surface area contributed by atoms with E-state index >= 15 is 0 Å². The third kappa shape index (κ3) is 5.10. The maximum Gasteiger partial charge on any atom is 0.338 e. The van der Waals surface area contributed by atoms with Gasteiger partial charge in [-0.25, -0.2) is 9.48 Å².